The van der Waals surface area contributed by atoms with Gasteiger partial charge in [0.05, 0.1) is 12.7 Å². The fraction of sp³-hybridized carbons (Fsp3) is 0.476. The van der Waals surface area contributed by atoms with E-state index in [1.807, 2.05) is 38.1 Å². The molecule has 0 atom stereocenters. The van der Waals surface area contributed by atoms with Crippen LogP contribution in [-0.4, -0.2) is 29.3 Å². The molecule has 0 fully saturated rings. The Morgan fingerprint density at radius 3 is 2.38 bits per heavy atom. The molecular weight excluding hydrogens is 328 g/mol. The maximum Gasteiger partial charge on any atom is 0.337 e. The van der Waals surface area contributed by atoms with Crippen LogP contribution in [0.5, 0.6) is 5.75 Å². The standard InChI is InChI=1S/C21H30N2O3/c1-14(2)10-11-22-12-19-15(3)23(16(4)20(19)21(24)25)13-17-6-8-18(26-5)9-7-17/h6-9,14,22H,10-13H2,1-5H3,(H,24,25). The number of rotatable bonds is 9. The average molecular weight is 358 g/mol. The molecule has 5 heteroatoms. The van der Waals surface area contributed by atoms with E-state index in [0.717, 1.165) is 41.2 Å². The molecule has 0 bridgehead atoms. The number of carboxylic acid groups (broad SMARTS) is 1. The lowest BCUT2D eigenvalue weighted by Crippen LogP contribution is -2.18. The van der Waals surface area contributed by atoms with E-state index in [1.54, 1.807) is 7.11 Å². The molecule has 2 rings (SSSR count). The summed E-state index contributed by atoms with van der Waals surface area (Å²) in [6, 6.07) is 7.88. The van der Waals surface area contributed by atoms with Gasteiger partial charge in [0.2, 0.25) is 0 Å². The first-order valence-corrected chi connectivity index (χ1v) is 9.10. The predicted octanol–water partition coefficient (Wildman–Crippen LogP) is 4.00. The number of benzene rings is 1. The Kier molecular flexibility index (Phi) is 6.86. The minimum atomic E-state index is -0.861. The summed E-state index contributed by atoms with van der Waals surface area (Å²) in [4.78, 5) is 11.8. The summed E-state index contributed by atoms with van der Waals surface area (Å²) in [5.41, 5.74) is 4.22. The molecule has 26 heavy (non-hydrogen) atoms. The number of carbonyl (C=O) groups is 1. The molecule has 1 heterocycles. The van der Waals surface area contributed by atoms with Crippen LogP contribution in [0.25, 0.3) is 0 Å². The molecule has 1 aromatic heterocycles. The largest absolute Gasteiger partial charge is 0.497 e. The van der Waals surface area contributed by atoms with Crippen molar-refractivity contribution >= 4 is 5.97 Å². The van der Waals surface area contributed by atoms with Gasteiger partial charge in [0.15, 0.2) is 0 Å². The van der Waals surface area contributed by atoms with E-state index < -0.39 is 5.97 Å². The molecule has 1 aromatic carbocycles. The van der Waals surface area contributed by atoms with Crippen LogP contribution in [-0.2, 0) is 13.1 Å². The molecule has 2 N–H and O–H groups in total. The first-order chi connectivity index (χ1) is 12.3. The molecule has 0 amide bonds. The molecule has 5 nitrogen and oxygen atoms in total. The van der Waals surface area contributed by atoms with Crippen LogP contribution in [0.3, 0.4) is 0 Å². The molecular formula is C21H30N2O3. The maximum absolute atomic E-state index is 11.8. The van der Waals surface area contributed by atoms with E-state index in [4.69, 9.17) is 4.74 Å². The molecule has 0 unspecified atom stereocenters. The van der Waals surface area contributed by atoms with Crippen molar-refractivity contribution in [1.82, 2.24) is 9.88 Å². The van der Waals surface area contributed by atoms with Crippen LogP contribution < -0.4 is 10.1 Å². The Hall–Kier alpha value is -2.27. The molecule has 0 spiro atoms. The summed E-state index contributed by atoms with van der Waals surface area (Å²) < 4.78 is 7.29. The van der Waals surface area contributed by atoms with Crippen molar-refractivity contribution in [1.29, 1.82) is 0 Å². The van der Waals surface area contributed by atoms with E-state index in [9.17, 15) is 9.90 Å². The minimum Gasteiger partial charge on any atom is -0.497 e. The normalized spacial score (nSPS) is 11.2. The van der Waals surface area contributed by atoms with Crippen LogP contribution in [0.15, 0.2) is 24.3 Å². The van der Waals surface area contributed by atoms with Gasteiger partial charge in [0, 0.05) is 30.0 Å². The number of hydrogen-bond donors (Lipinski definition) is 2. The Balaban J connectivity index is 2.25. The lowest BCUT2D eigenvalue weighted by atomic mass is 10.1. The zero-order valence-electron chi connectivity index (χ0n) is 16.4. The highest BCUT2D eigenvalue weighted by molar-refractivity contribution is 5.91. The lowest BCUT2D eigenvalue weighted by Gasteiger charge is -2.11. The van der Waals surface area contributed by atoms with Gasteiger partial charge in [-0.3, -0.25) is 0 Å². The van der Waals surface area contributed by atoms with Crippen molar-refractivity contribution in [3.8, 4) is 5.75 Å². The summed E-state index contributed by atoms with van der Waals surface area (Å²) in [6.07, 6.45) is 1.08. The van der Waals surface area contributed by atoms with Crippen LogP contribution in [0.2, 0.25) is 0 Å². The Labute approximate surface area is 156 Å². The van der Waals surface area contributed by atoms with Gasteiger partial charge in [-0.05, 0) is 50.4 Å². The lowest BCUT2D eigenvalue weighted by molar-refractivity contribution is 0.0694. The number of methoxy groups -OCH3 is 1. The van der Waals surface area contributed by atoms with Crippen molar-refractivity contribution in [3.63, 3.8) is 0 Å². The van der Waals surface area contributed by atoms with Gasteiger partial charge in [0.25, 0.3) is 0 Å². The highest BCUT2D eigenvalue weighted by Gasteiger charge is 2.22. The fourth-order valence-corrected chi connectivity index (χ4v) is 3.20. The maximum atomic E-state index is 11.8. The Morgan fingerprint density at radius 2 is 1.85 bits per heavy atom. The summed E-state index contributed by atoms with van der Waals surface area (Å²) in [6.45, 7) is 10.4. The molecule has 0 saturated carbocycles. The third-order valence-electron chi connectivity index (χ3n) is 4.82. The van der Waals surface area contributed by atoms with Gasteiger partial charge < -0.3 is 19.7 Å². The second-order valence-corrected chi connectivity index (χ2v) is 7.12. The third-order valence-corrected chi connectivity index (χ3v) is 4.82. The van der Waals surface area contributed by atoms with Crippen LogP contribution >= 0.6 is 0 Å². The summed E-state index contributed by atoms with van der Waals surface area (Å²) >= 11 is 0. The van der Waals surface area contributed by atoms with E-state index in [2.05, 4.69) is 23.7 Å². The zero-order valence-corrected chi connectivity index (χ0v) is 16.4. The van der Waals surface area contributed by atoms with E-state index >= 15 is 0 Å². The third kappa shape index (κ3) is 4.67. The van der Waals surface area contributed by atoms with Gasteiger partial charge in [-0.15, -0.1) is 0 Å². The van der Waals surface area contributed by atoms with Crippen molar-refractivity contribution in [2.75, 3.05) is 13.7 Å². The van der Waals surface area contributed by atoms with Gasteiger partial charge in [-0.1, -0.05) is 26.0 Å². The Bertz CT molecular complexity index is 746. The van der Waals surface area contributed by atoms with Crippen molar-refractivity contribution in [3.05, 3.63) is 52.3 Å². The van der Waals surface area contributed by atoms with Gasteiger partial charge in [-0.2, -0.15) is 0 Å². The summed E-state index contributed by atoms with van der Waals surface area (Å²) in [7, 11) is 1.65. The van der Waals surface area contributed by atoms with Crippen molar-refractivity contribution in [2.45, 2.75) is 47.2 Å². The molecule has 0 aliphatic rings. The molecule has 0 aliphatic heterocycles. The van der Waals surface area contributed by atoms with Crippen LogP contribution in [0.4, 0.5) is 0 Å². The van der Waals surface area contributed by atoms with Crippen molar-refractivity contribution in [2.24, 2.45) is 5.92 Å². The van der Waals surface area contributed by atoms with Gasteiger partial charge >= 0.3 is 5.97 Å². The van der Waals surface area contributed by atoms with Crippen molar-refractivity contribution < 1.29 is 14.6 Å². The van der Waals surface area contributed by atoms with Crippen LogP contribution in [0, 0.1) is 19.8 Å². The monoisotopic (exact) mass is 358 g/mol. The van der Waals surface area contributed by atoms with Gasteiger partial charge in [0.1, 0.15) is 5.75 Å². The smallest absolute Gasteiger partial charge is 0.337 e. The minimum absolute atomic E-state index is 0.424. The topological polar surface area (TPSA) is 63.5 Å². The summed E-state index contributed by atoms with van der Waals surface area (Å²) in [5.74, 6) is 0.583. The molecule has 0 saturated heterocycles. The first-order valence-electron chi connectivity index (χ1n) is 9.10. The highest BCUT2D eigenvalue weighted by atomic mass is 16.5. The fourth-order valence-electron chi connectivity index (χ4n) is 3.20. The second-order valence-electron chi connectivity index (χ2n) is 7.12. The van der Waals surface area contributed by atoms with E-state index in [1.165, 1.54) is 0 Å². The molecule has 2 aromatic rings. The van der Waals surface area contributed by atoms with E-state index in [-0.39, 0.29) is 0 Å². The predicted molar refractivity (Wildman–Crippen MR) is 104 cm³/mol. The SMILES string of the molecule is COc1ccc(Cn2c(C)c(CNCCC(C)C)c(C(=O)O)c2C)cc1. The van der Waals surface area contributed by atoms with Gasteiger partial charge in [-0.25, -0.2) is 4.79 Å². The zero-order chi connectivity index (χ0) is 19.3. The summed E-state index contributed by atoms with van der Waals surface area (Å²) in [5, 5.41) is 13.1. The van der Waals surface area contributed by atoms with Crippen LogP contribution in [0.1, 0.15) is 53.1 Å². The Morgan fingerprint density at radius 1 is 1.19 bits per heavy atom. The molecule has 142 valence electrons. The first kappa shape index (κ1) is 20.0. The number of nitrogens with zero attached hydrogens (tertiary/aromatic N) is 1. The molecule has 0 radical (unpaired) electrons. The molecule has 0 aliphatic carbocycles. The number of aromatic carboxylic acids is 1. The highest BCUT2D eigenvalue weighted by Crippen LogP contribution is 2.24. The number of ether oxygens (including phenoxy) is 1. The average Bonchev–Trinajstić information content (AvgIpc) is 2.83. The number of aromatic nitrogens is 1. The number of hydrogen-bond acceptors (Lipinski definition) is 3. The number of nitrogens with one attached hydrogen (secondary N) is 1. The number of carboxylic acids is 1. The van der Waals surface area contributed by atoms with E-state index in [0.29, 0.717) is 24.6 Å². The second kappa shape index (κ2) is 8.90. The quantitative estimate of drug-likeness (QED) is 0.665.